The van der Waals surface area contributed by atoms with E-state index < -0.39 is 18.1 Å². The van der Waals surface area contributed by atoms with Crippen LogP contribution in [0.1, 0.15) is 39.3 Å². The van der Waals surface area contributed by atoms with Crippen molar-refractivity contribution in [3.05, 3.63) is 28.6 Å². The van der Waals surface area contributed by atoms with Gasteiger partial charge in [-0.2, -0.15) is 0 Å². The lowest BCUT2D eigenvalue weighted by molar-refractivity contribution is -0.142. The summed E-state index contributed by atoms with van der Waals surface area (Å²) in [5, 5.41) is 27.3. The molecule has 210 valence electrons. The van der Waals surface area contributed by atoms with Crippen LogP contribution in [0.5, 0.6) is 0 Å². The number of carboxylic acid groups (broad SMARTS) is 2. The Labute approximate surface area is 229 Å². The molecule has 1 fully saturated rings. The van der Waals surface area contributed by atoms with E-state index in [9.17, 15) is 14.4 Å². The number of carbonyl (C=O) groups excluding carboxylic acids is 3. The molecule has 0 radical (unpaired) electrons. The second kappa shape index (κ2) is 17.2. The fourth-order valence-electron chi connectivity index (χ4n) is 3.60. The monoisotopic (exact) mass is 569 g/mol. The van der Waals surface area contributed by atoms with Gasteiger partial charge in [0.25, 0.3) is 12.9 Å². The molecule has 2 aromatic heterocycles. The Balaban J connectivity index is 0.00000110. The van der Waals surface area contributed by atoms with Crippen LogP contribution in [0.25, 0.3) is 9.88 Å². The molecular weight excluding hydrogens is 534 g/mol. The second-order valence-electron chi connectivity index (χ2n) is 8.48. The zero-order valence-corrected chi connectivity index (χ0v) is 23.4. The van der Waals surface area contributed by atoms with Gasteiger partial charge in [0.1, 0.15) is 17.1 Å². The number of thiazole rings is 1. The maximum atomic E-state index is 13.3. The Morgan fingerprint density at radius 2 is 1.84 bits per heavy atom. The van der Waals surface area contributed by atoms with Crippen LogP contribution in [0.4, 0.5) is 0 Å². The molecule has 0 aliphatic carbocycles. The summed E-state index contributed by atoms with van der Waals surface area (Å²) < 4.78 is 0. The van der Waals surface area contributed by atoms with Crippen molar-refractivity contribution in [2.45, 2.75) is 58.3 Å². The average molecular weight is 570 g/mol. The standard InChI is InChI=1S/C22H31N5O3S2.2CH2O2/c1-13(2)18(26-19(28)14(3)23-4)22(30)27-9-5-7-16(27)20(29)24-11-15-12-32-21(25-15)17-8-6-10-31-17;2*2-1-3/h6,8,10,12-14,16,18,23H,5,7,9,11H2,1-4H3,(H,24,29)(H,26,28);2*1H,(H,2,3)/t14-,16-,18+;;/m0../s1. The number of carbonyl (C=O) groups is 5. The summed E-state index contributed by atoms with van der Waals surface area (Å²) in [6.45, 7) is 5.86. The SMILES string of the molecule is CN[C@@H](C)C(=O)N[C@@H](C(=O)N1CCC[C@H]1C(=O)NCc1csc(-c2cccs2)n1)C(C)C.O=CO.O=CO. The molecule has 1 aliphatic rings. The first kappa shape index (κ1) is 32.7. The van der Waals surface area contributed by atoms with E-state index in [4.69, 9.17) is 19.8 Å². The molecule has 3 rings (SSSR count). The Bertz CT molecular complexity index is 1020. The lowest BCUT2D eigenvalue weighted by Crippen LogP contribution is -2.57. The van der Waals surface area contributed by atoms with Gasteiger partial charge < -0.3 is 31.1 Å². The molecule has 0 spiro atoms. The Kier molecular flexibility index (Phi) is 14.8. The van der Waals surface area contributed by atoms with E-state index in [1.54, 1.807) is 41.5 Å². The van der Waals surface area contributed by atoms with Crippen LogP contribution < -0.4 is 16.0 Å². The van der Waals surface area contributed by atoms with Gasteiger partial charge in [-0.25, -0.2) is 4.98 Å². The van der Waals surface area contributed by atoms with Gasteiger partial charge in [-0.1, -0.05) is 19.9 Å². The van der Waals surface area contributed by atoms with E-state index in [2.05, 4.69) is 20.9 Å². The average Bonchev–Trinajstić information content (AvgIpc) is 3.67. The van der Waals surface area contributed by atoms with Gasteiger partial charge in [-0.15, -0.1) is 22.7 Å². The summed E-state index contributed by atoms with van der Waals surface area (Å²) in [4.78, 5) is 62.5. The van der Waals surface area contributed by atoms with Crippen LogP contribution in [-0.4, -0.2) is 82.5 Å². The molecule has 1 saturated heterocycles. The molecule has 0 saturated carbocycles. The highest BCUT2D eigenvalue weighted by Gasteiger charge is 2.38. The topological polar surface area (TPSA) is 178 Å². The summed E-state index contributed by atoms with van der Waals surface area (Å²) in [5.41, 5.74) is 0.802. The van der Waals surface area contributed by atoms with Crippen molar-refractivity contribution in [2.24, 2.45) is 5.92 Å². The first-order valence-corrected chi connectivity index (χ1v) is 13.6. The van der Waals surface area contributed by atoms with Gasteiger partial charge in [-0.05, 0) is 44.2 Å². The Morgan fingerprint density at radius 3 is 2.39 bits per heavy atom. The third-order valence-corrected chi connectivity index (χ3v) is 7.55. The smallest absolute Gasteiger partial charge is 0.290 e. The lowest BCUT2D eigenvalue weighted by atomic mass is 10.0. The minimum absolute atomic E-state index is 0.0921. The van der Waals surface area contributed by atoms with E-state index in [1.807, 2.05) is 36.7 Å². The molecule has 38 heavy (non-hydrogen) atoms. The minimum atomic E-state index is -0.668. The molecule has 3 atom stereocenters. The number of rotatable bonds is 9. The molecule has 2 aromatic rings. The second-order valence-corrected chi connectivity index (χ2v) is 10.3. The van der Waals surface area contributed by atoms with E-state index in [1.165, 1.54) is 0 Å². The fraction of sp³-hybridized carbons (Fsp3) is 0.500. The lowest BCUT2D eigenvalue weighted by Gasteiger charge is -2.31. The van der Waals surface area contributed by atoms with Crippen molar-refractivity contribution in [3.8, 4) is 9.88 Å². The zero-order valence-electron chi connectivity index (χ0n) is 21.7. The molecule has 3 heterocycles. The van der Waals surface area contributed by atoms with Crippen LogP contribution in [0.15, 0.2) is 22.9 Å². The molecule has 14 heteroatoms. The molecule has 0 bridgehead atoms. The number of likely N-dealkylation sites (tertiary alicyclic amines) is 1. The van der Waals surface area contributed by atoms with Crippen molar-refractivity contribution in [1.29, 1.82) is 0 Å². The number of amides is 3. The fourth-order valence-corrected chi connectivity index (χ4v) is 5.24. The van der Waals surface area contributed by atoms with Crippen molar-refractivity contribution >= 4 is 53.3 Å². The predicted molar refractivity (Wildman–Crippen MR) is 145 cm³/mol. The third-order valence-electron chi connectivity index (χ3n) is 5.62. The van der Waals surface area contributed by atoms with Gasteiger partial charge in [0.15, 0.2) is 0 Å². The number of hydrogen-bond acceptors (Lipinski definition) is 9. The zero-order chi connectivity index (χ0) is 28.7. The van der Waals surface area contributed by atoms with E-state index in [-0.39, 0.29) is 36.6 Å². The van der Waals surface area contributed by atoms with Crippen LogP contribution in [0, 0.1) is 5.92 Å². The summed E-state index contributed by atoms with van der Waals surface area (Å²) in [5.74, 6) is -0.711. The highest BCUT2D eigenvalue weighted by molar-refractivity contribution is 7.20. The number of likely N-dealkylation sites (N-methyl/N-ethyl adjacent to an activating group) is 1. The van der Waals surface area contributed by atoms with Gasteiger partial charge in [0, 0.05) is 11.9 Å². The summed E-state index contributed by atoms with van der Waals surface area (Å²) in [6, 6.07) is 2.41. The van der Waals surface area contributed by atoms with E-state index in [0.717, 1.165) is 22.0 Å². The maximum Gasteiger partial charge on any atom is 0.290 e. The van der Waals surface area contributed by atoms with Gasteiger partial charge in [0.05, 0.1) is 23.2 Å². The minimum Gasteiger partial charge on any atom is -0.483 e. The van der Waals surface area contributed by atoms with Crippen LogP contribution in [-0.2, 0) is 30.5 Å². The molecule has 0 unspecified atom stereocenters. The summed E-state index contributed by atoms with van der Waals surface area (Å²) in [7, 11) is 1.70. The van der Waals surface area contributed by atoms with Crippen LogP contribution in [0.2, 0.25) is 0 Å². The first-order chi connectivity index (χ1) is 18.1. The number of nitrogens with zero attached hydrogens (tertiary/aromatic N) is 2. The maximum absolute atomic E-state index is 13.3. The first-order valence-electron chi connectivity index (χ1n) is 11.8. The molecule has 3 amide bonds. The number of thiophene rings is 1. The van der Waals surface area contributed by atoms with Gasteiger partial charge in [-0.3, -0.25) is 24.0 Å². The molecular formula is C24H35N5O7S2. The highest BCUT2D eigenvalue weighted by Crippen LogP contribution is 2.28. The van der Waals surface area contributed by atoms with E-state index in [0.29, 0.717) is 19.5 Å². The van der Waals surface area contributed by atoms with Crippen molar-refractivity contribution in [1.82, 2.24) is 25.8 Å². The number of hydrogen-bond donors (Lipinski definition) is 5. The highest BCUT2D eigenvalue weighted by atomic mass is 32.1. The summed E-state index contributed by atoms with van der Waals surface area (Å²) >= 11 is 3.18. The Hall–Kier alpha value is -3.36. The third kappa shape index (κ3) is 9.84. The largest absolute Gasteiger partial charge is 0.483 e. The van der Waals surface area contributed by atoms with Crippen molar-refractivity contribution in [2.75, 3.05) is 13.6 Å². The van der Waals surface area contributed by atoms with Crippen LogP contribution in [0.3, 0.4) is 0 Å². The number of aromatic nitrogens is 1. The van der Waals surface area contributed by atoms with Gasteiger partial charge >= 0.3 is 0 Å². The van der Waals surface area contributed by atoms with Crippen molar-refractivity contribution < 1.29 is 34.2 Å². The molecule has 12 nitrogen and oxygen atoms in total. The summed E-state index contributed by atoms with van der Waals surface area (Å²) in [6.07, 6.45) is 1.37. The van der Waals surface area contributed by atoms with Crippen LogP contribution >= 0.6 is 22.7 Å². The molecule has 5 N–H and O–H groups in total. The molecule has 1 aliphatic heterocycles. The quantitative estimate of drug-likeness (QED) is 0.281. The van der Waals surface area contributed by atoms with E-state index >= 15 is 0 Å². The van der Waals surface area contributed by atoms with Gasteiger partial charge in [0.2, 0.25) is 17.7 Å². The Morgan fingerprint density at radius 1 is 1.18 bits per heavy atom. The normalized spacial score (nSPS) is 15.7. The molecule has 0 aromatic carbocycles. The number of nitrogens with one attached hydrogen (secondary N) is 3. The van der Waals surface area contributed by atoms with Crippen molar-refractivity contribution in [3.63, 3.8) is 0 Å². The predicted octanol–water partition coefficient (Wildman–Crippen LogP) is 1.63.